The maximum atomic E-state index is 5.94. The molecule has 0 atom stereocenters. The largest absolute Gasteiger partial charge is 0.416 e. The van der Waals surface area contributed by atoms with Crippen molar-refractivity contribution in [3.63, 3.8) is 0 Å². The second kappa shape index (κ2) is 8.14. The van der Waals surface area contributed by atoms with Crippen LogP contribution >= 0.6 is 0 Å². The van der Waals surface area contributed by atoms with Crippen molar-refractivity contribution in [1.82, 2.24) is 20.4 Å². The predicted molar refractivity (Wildman–Crippen MR) is 121 cm³/mol. The van der Waals surface area contributed by atoms with Crippen LogP contribution in [0, 0.1) is 0 Å². The van der Waals surface area contributed by atoms with Crippen LogP contribution in [0.1, 0.15) is 39.1 Å². The van der Waals surface area contributed by atoms with Crippen LogP contribution in [-0.2, 0) is 5.41 Å². The summed E-state index contributed by atoms with van der Waals surface area (Å²) in [6, 6.07) is 15.8. The van der Waals surface area contributed by atoms with E-state index in [4.69, 9.17) is 8.83 Å². The molecule has 0 saturated carbocycles. The Morgan fingerprint density at radius 1 is 0.806 bits per heavy atom. The molecule has 0 N–H and O–H groups in total. The normalized spacial score (nSPS) is 12.2. The number of rotatable bonds is 5. The summed E-state index contributed by atoms with van der Waals surface area (Å²) >= 11 is 0. The molecule has 0 radical (unpaired) electrons. The third-order valence-corrected chi connectivity index (χ3v) is 4.98. The van der Waals surface area contributed by atoms with Crippen molar-refractivity contribution < 1.29 is 8.83 Å². The lowest BCUT2D eigenvalue weighted by Crippen LogP contribution is -2.10. The van der Waals surface area contributed by atoms with Gasteiger partial charge in [0.15, 0.2) is 0 Å². The van der Waals surface area contributed by atoms with E-state index in [1.165, 1.54) is 5.56 Å². The fourth-order valence-corrected chi connectivity index (χ4v) is 3.14. The Bertz CT molecular complexity index is 1240. The van der Waals surface area contributed by atoms with E-state index in [9.17, 15) is 0 Å². The topological polar surface area (TPSA) is 77.8 Å². The highest BCUT2D eigenvalue weighted by Crippen LogP contribution is 2.30. The molecular formula is C25H24N4O2. The first-order valence-electron chi connectivity index (χ1n) is 10.1. The number of hydrogen-bond donors (Lipinski definition) is 0. The Hall–Kier alpha value is -3.80. The zero-order chi connectivity index (χ0) is 22.0. The van der Waals surface area contributed by atoms with Gasteiger partial charge in [0.25, 0.3) is 0 Å². The Kier molecular flexibility index (Phi) is 5.38. The van der Waals surface area contributed by atoms with Crippen molar-refractivity contribution in [3.8, 4) is 34.4 Å². The molecule has 2 aromatic heterocycles. The van der Waals surface area contributed by atoms with E-state index in [1.54, 1.807) is 6.08 Å². The number of allylic oxidation sites excluding steroid dienone is 3. The number of nitrogens with zero attached hydrogens (tertiary/aromatic N) is 4. The minimum absolute atomic E-state index is 0.0902. The molecule has 2 heterocycles. The molecule has 31 heavy (non-hydrogen) atoms. The third kappa shape index (κ3) is 4.23. The molecule has 0 aliphatic carbocycles. The van der Waals surface area contributed by atoms with Gasteiger partial charge < -0.3 is 8.83 Å². The summed E-state index contributed by atoms with van der Waals surface area (Å²) in [5, 5.41) is 16.7. The molecule has 0 bridgehead atoms. The lowest BCUT2D eigenvalue weighted by molar-refractivity contribution is 0.554. The van der Waals surface area contributed by atoms with Gasteiger partial charge in [0.05, 0.1) is 0 Å². The van der Waals surface area contributed by atoms with Crippen LogP contribution in [0.25, 0.3) is 39.9 Å². The zero-order valence-electron chi connectivity index (χ0n) is 18.1. The molecular weight excluding hydrogens is 388 g/mol. The monoisotopic (exact) mass is 412 g/mol. The Balaban J connectivity index is 1.61. The van der Waals surface area contributed by atoms with Crippen LogP contribution in [-0.4, -0.2) is 20.4 Å². The summed E-state index contributed by atoms with van der Waals surface area (Å²) in [4.78, 5) is 0. The lowest BCUT2D eigenvalue weighted by atomic mass is 9.87. The van der Waals surface area contributed by atoms with Crippen molar-refractivity contribution in [3.05, 3.63) is 78.7 Å². The molecule has 0 aliphatic heterocycles. The first-order valence-corrected chi connectivity index (χ1v) is 10.1. The van der Waals surface area contributed by atoms with Gasteiger partial charge in [-0.1, -0.05) is 57.7 Å². The van der Waals surface area contributed by atoms with Gasteiger partial charge in [-0.2, -0.15) is 0 Å². The van der Waals surface area contributed by atoms with Crippen molar-refractivity contribution in [2.75, 3.05) is 0 Å². The molecule has 2 aromatic carbocycles. The van der Waals surface area contributed by atoms with E-state index in [0.29, 0.717) is 23.6 Å². The van der Waals surface area contributed by atoms with Gasteiger partial charge in [-0.15, -0.1) is 20.4 Å². The summed E-state index contributed by atoms with van der Waals surface area (Å²) in [6.07, 6.45) is 3.55. The smallest absolute Gasteiger partial charge is 0.248 e. The lowest BCUT2D eigenvalue weighted by Gasteiger charge is -2.18. The van der Waals surface area contributed by atoms with Gasteiger partial charge in [-0.25, -0.2) is 0 Å². The second-order valence-electron chi connectivity index (χ2n) is 8.18. The first-order chi connectivity index (χ1) is 14.9. The van der Waals surface area contributed by atoms with Crippen molar-refractivity contribution in [2.45, 2.75) is 33.1 Å². The summed E-state index contributed by atoms with van der Waals surface area (Å²) in [5.41, 5.74) is 4.55. The molecule has 6 heteroatoms. The van der Waals surface area contributed by atoms with Gasteiger partial charge in [-0.3, -0.25) is 0 Å². The molecule has 6 nitrogen and oxygen atoms in total. The number of hydrogen-bond acceptors (Lipinski definition) is 6. The van der Waals surface area contributed by atoms with Gasteiger partial charge in [0.2, 0.25) is 23.6 Å². The summed E-state index contributed by atoms with van der Waals surface area (Å²) in [5.74, 6) is 1.74. The molecule has 0 amide bonds. The molecule has 156 valence electrons. The summed E-state index contributed by atoms with van der Waals surface area (Å²) in [7, 11) is 0. The van der Waals surface area contributed by atoms with Crippen LogP contribution < -0.4 is 0 Å². The maximum Gasteiger partial charge on any atom is 0.248 e. The van der Waals surface area contributed by atoms with E-state index in [0.717, 1.165) is 22.3 Å². The predicted octanol–water partition coefficient (Wildman–Crippen LogP) is 6.34. The van der Waals surface area contributed by atoms with E-state index in [-0.39, 0.29) is 5.41 Å². The van der Waals surface area contributed by atoms with Gasteiger partial charge in [0.1, 0.15) is 0 Å². The molecule has 0 fully saturated rings. The molecule has 0 saturated heterocycles. The van der Waals surface area contributed by atoms with Gasteiger partial charge in [0, 0.05) is 22.3 Å². The molecule has 0 spiro atoms. The molecule has 4 rings (SSSR count). The van der Waals surface area contributed by atoms with Crippen molar-refractivity contribution in [2.24, 2.45) is 0 Å². The van der Waals surface area contributed by atoms with E-state index < -0.39 is 0 Å². The summed E-state index contributed by atoms with van der Waals surface area (Å²) in [6.45, 7) is 12.2. The van der Waals surface area contributed by atoms with Crippen molar-refractivity contribution in [1.29, 1.82) is 0 Å². The minimum atomic E-state index is 0.0902. The Labute approximate surface area is 181 Å². The van der Waals surface area contributed by atoms with E-state index >= 15 is 0 Å². The average molecular weight is 412 g/mol. The Morgan fingerprint density at radius 3 is 1.97 bits per heavy atom. The molecule has 4 aromatic rings. The quantitative estimate of drug-likeness (QED) is 0.356. The minimum Gasteiger partial charge on any atom is -0.416 e. The molecule has 0 aliphatic rings. The number of aromatic nitrogens is 4. The van der Waals surface area contributed by atoms with Crippen LogP contribution in [0.3, 0.4) is 0 Å². The highest BCUT2D eigenvalue weighted by Gasteiger charge is 2.16. The fraction of sp³-hybridized carbons (Fsp3) is 0.200. The van der Waals surface area contributed by atoms with Crippen LogP contribution in [0.15, 0.2) is 76.1 Å². The second-order valence-corrected chi connectivity index (χ2v) is 8.18. The van der Waals surface area contributed by atoms with Gasteiger partial charge >= 0.3 is 0 Å². The van der Waals surface area contributed by atoms with Gasteiger partial charge in [-0.05, 0) is 48.2 Å². The van der Waals surface area contributed by atoms with Crippen LogP contribution in [0.2, 0.25) is 0 Å². The molecule has 0 unspecified atom stereocenters. The SMILES string of the molecule is C=CC(=CC)c1nnc(-c2cccc(-c3nnc(-c4ccc(C(C)(C)C)cc4)o3)c2)o1. The number of benzene rings is 2. The van der Waals surface area contributed by atoms with E-state index in [1.807, 2.05) is 49.4 Å². The van der Waals surface area contributed by atoms with E-state index in [2.05, 4.69) is 59.9 Å². The maximum absolute atomic E-state index is 5.94. The summed E-state index contributed by atoms with van der Waals surface area (Å²) < 4.78 is 11.7. The van der Waals surface area contributed by atoms with Crippen LogP contribution in [0.5, 0.6) is 0 Å². The first kappa shape index (κ1) is 20.5. The van der Waals surface area contributed by atoms with Crippen molar-refractivity contribution >= 4 is 5.57 Å². The highest BCUT2D eigenvalue weighted by atomic mass is 16.4. The Morgan fingerprint density at radius 2 is 1.39 bits per heavy atom. The standard InChI is InChI=1S/C25H24N4O2/c1-6-16(7-2)21-26-28-23(30-21)18-9-8-10-19(15-18)24-29-27-22(31-24)17-11-13-20(14-12-17)25(3,4)5/h6-15H,1H2,2-5H3. The third-order valence-electron chi connectivity index (χ3n) is 4.98. The zero-order valence-corrected chi connectivity index (χ0v) is 18.1. The average Bonchev–Trinajstić information content (AvgIpc) is 3.45. The fourth-order valence-electron chi connectivity index (χ4n) is 3.14. The van der Waals surface area contributed by atoms with Crippen LogP contribution in [0.4, 0.5) is 0 Å². The highest BCUT2D eigenvalue weighted by molar-refractivity contribution is 5.69.